The molecule has 0 spiro atoms. The zero-order chi connectivity index (χ0) is 20.6. The Labute approximate surface area is 170 Å². The minimum Gasteiger partial charge on any atom is -0.462 e. The highest BCUT2D eigenvalue weighted by Gasteiger charge is 2.19. The monoisotopic (exact) mass is 395 g/mol. The van der Waals surface area contributed by atoms with Crippen molar-refractivity contribution in [3.8, 4) is 0 Å². The number of pyridine rings is 1. The molecule has 1 aromatic carbocycles. The summed E-state index contributed by atoms with van der Waals surface area (Å²) in [6, 6.07) is 8.01. The van der Waals surface area contributed by atoms with E-state index in [0.29, 0.717) is 29.0 Å². The van der Waals surface area contributed by atoms with Gasteiger partial charge in [-0.15, -0.1) is 0 Å². The molecule has 1 fully saturated rings. The molecular formula is C22H25N3O4. The van der Waals surface area contributed by atoms with Gasteiger partial charge in [0.2, 0.25) is 0 Å². The van der Waals surface area contributed by atoms with Gasteiger partial charge in [-0.1, -0.05) is 12.8 Å². The van der Waals surface area contributed by atoms with Crippen molar-refractivity contribution in [3.63, 3.8) is 0 Å². The first-order chi connectivity index (χ1) is 14.1. The first-order valence-corrected chi connectivity index (χ1v) is 9.91. The number of amides is 2. The van der Waals surface area contributed by atoms with Crippen molar-refractivity contribution < 1.29 is 19.1 Å². The molecule has 0 bridgehead atoms. The van der Waals surface area contributed by atoms with Crippen LogP contribution in [0, 0.1) is 0 Å². The van der Waals surface area contributed by atoms with E-state index >= 15 is 0 Å². The average Bonchev–Trinajstić information content (AvgIpc) is 3.03. The summed E-state index contributed by atoms with van der Waals surface area (Å²) < 4.78 is 4.94. The summed E-state index contributed by atoms with van der Waals surface area (Å²) >= 11 is 0. The fourth-order valence-electron chi connectivity index (χ4n) is 3.24. The second-order valence-corrected chi connectivity index (χ2v) is 6.92. The number of rotatable bonds is 5. The molecule has 1 N–H and O–H groups in total. The van der Waals surface area contributed by atoms with Gasteiger partial charge in [0.05, 0.1) is 23.3 Å². The van der Waals surface area contributed by atoms with Crippen molar-refractivity contribution in [2.75, 3.05) is 25.0 Å². The fourth-order valence-corrected chi connectivity index (χ4v) is 3.24. The van der Waals surface area contributed by atoms with Gasteiger partial charge in [-0.05, 0) is 50.1 Å². The number of nitrogens with one attached hydrogen (secondary N) is 1. The predicted molar refractivity (Wildman–Crippen MR) is 109 cm³/mol. The lowest BCUT2D eigenvalue weighted by Gasteiger charge is -2.20. The van der Waals surface area contributed by atoms with Crippen LogP contribution < -0.4 is 5.32 Å². The molecule has 2 heterocycles. The normalized spacial score (nSPS) is 14.0. The average molecular weight is 395 g/mol. The lowest BCUT2D eigenvalue weighted by Crippen LogP contribution is -2.32. The van der Waals surface area contributed by atoms with Crippen LogP contribution in [-0.2, 0) is 4.74 Å². The van der Waals surface area contributed by atoms with Gasteiger partial charge in [-0.2, -0.15) is 0 Å². The van der Waals surface area contributed by atoms with E-state index in [1.165, 1.54) is 12.4 Å². The minimum absolute atomic E-state index is 0.0900. The summed E-state index contributed by atoms with van der Waals surface area (Å²) in [6.45, 7) is 3.52. The zero-order valence-electron chi connectivity index (χ0n) is 16.5. The van der Waals surface area contributed by atoms with Crippen LogP contribution in [0.1, 0.15) is 63.7 Å². The maximum Gasteiger partial charge on any atom is 0.338 e. The van der Waals surface area contributed by atoms with Crippen molar-refractivity contribution in [2.24, 2.45) is 0 Å². The molecule has 2 aromatic rings. The summed E-state index contributed by atoms with van der Waals surface area (Å²) in [4.78, 5) is 42.9. The molecule has 152 valence electrons. The predicted octanol–water partition coefficient (Wildman–Crippen LogP) is 3.53. The molecule has 2 amide bonds. The van der Waals surface area contributed by atoms with E-state index in [-0.39, 0.29) is 11.8 Å². The Morgan fingerprint density at radius 1 is 0.966 bits per heavy atom. The lowest BCUT2D eigenvalue weighted by molar-refractivity contribution is 0.0526. The molecule has 3 rings (SSSR count). The number of nitrogens with zero attached hydrogens (tertiary/aromatic N) is 2. The van der Waals surface area contributed by atoms with Gasteiger partial charge in [0.25, 0.3) is 11.8 Å². The van der Waals surface area contributed by atoms with E-state index in [9.17, 15) is 14.4 Å². The maximum atomic E-state index is 12.8. The second kappa shape index (κ2) is 9.82. The van der Waals surface area contributed by atoms with Crippen LogP contribution in [0.2, 0.25) is 0 Å². The first kappa shape index (κ1) is 20.5. The summed E-state index contributed by atoms with van der Waals surface area (Å²) in [5, 5.41) is 2.76. The standard InChI is InChI=1S/C22H25N3O4/c1-2-29-22(28)16-7-9-19(10-8-16)24-20(26)17-13-18(15-23-14-17)21(27)25-11-5-3-4-6-12-25/h7-10,13-15H,2-6,11-12H2,1H3,(H,24,26). The van der Waals surface area contributed by atoms with Gasteiger partial charge in [-0.25, -0.2) is 4.79 Å². The molecule has 7 heteroatoms. The Kier molecular flexibility index (Phi) is 6.94. The number of hydrogen-bond donors (Lipinski definition) is 1. The number of benzene rings is 1. The van der Waals surface area contributed by atoms with E-state index in [4.69, 9.17) is 4.74 Å². The second-order valence-electron chi connectivity index (χ2n) is 6.92. The third-order valence-electron chi connectivity index (χ3n) is 4.79. The van der Waals surface area contributed by atoms with Crippen LogP contribution in [0.5, 0.6) is 0 Å². The third-order valence-corrected chi connectivity index (χ3v) is 4.79. The molecule has 0 saturated carbocycles. The van der Waals surface area contributed by atoms with Gasteiger partial charge in [0.1, 0.15) is 0 Å². The van der Waals surface area contributed by atoms with E-state index in [1.807, 2.05) is 4.90 Å². The Morgan fingerprint density at radius 2 is 1.62 bits per heavy atom. The third kappa shape index (κ3) is 5.40. The molecule has 1 aliphatic rings. The highest BCUT2D eigenvalue weighted by molar-refractivity contribution is 6.06. The molecule has 0 unspecified atom stereocenters. The van der Waals surface area contributed by atoms with Crippen LogP contribution >= 0.6 is 0 Å². The molecule has 0 atom stereocenters. The Morgan fingerprint density at radius 3 is 2.28 bits per heavy atom. The highest BCUT2D eigenvalue weighted by atomic mass is 16.5. The maximum absolute atomic E-state index is 12.8. The SMILES string of the molecule is CCOC(=O)c1ccc(NC(=O)c2cncc(C(=O)N3CCCCCC3)c2)cc1. The van der Waals surface area contributed by atoms with Crippen LogP contribution in [0.4, 0.5) is 5.69 Å². The largest absolute Gasteiger partial charge is 0.462 e. The lowest BCUT2D eigenvalue weighted by atomic mass is 10.1. The number of hydrogen-bond acceptors (Lipinski definition) is 5. The summed E-state index contributed by atoms with van der Waals surface area (Å²) in [5.74, 6) is -0.867. The topological polar surface area (TPSA) is 88.6 Å². The summed E-state index contributed by atoms with van der Waals surface area (Å²) in [5.41, 5.74) is 1.67. The number of ether oxygens (including phenoxy) is 1. The first-order valence-electron chi connectivity index (χ1n) is 9.91. The molecule has 0 aliphatic carbocycles. The molecule has 1 aliphatic heterocycles. The number of carbonyl (C=O) groups excluding carboxylic acids is 3. The Bertz CT molecular complexity index is 872. The molecule has 1 aromatic heterocycles. The van der Waals surface area contributed by atoms with E-state index in [1.54, 1.807) is 37.3 Å². The Hall–Kier alpha value is -3.22. The van der Waals surface area contributed by atoms with Crippen molar-refractivity contribution in [2.45, 2.75) is 32.6 Å². The van der Waals surface area contributed by atoms with Crippen molar-refractivity contribution in [1.29, 1.82) is 0 Å². The van der Waals surface area contributed by atoms with Gasteiger partial charge >= 0.3 is 5.97 Å². The van der Waals surface area contributed by atoms with E-state index in [0.717, 1.165) is 38.8 Å². The van der Waals surface area contributed by atoms with Crippen LogP contribution in [0.3, 0.4) is 0 Å². The molecule has 0 radical (unpaired) electrons. The summed E-state index contributed by atoms with van der Waals surface area (Å²) in [7, 11) is 0. The number of aromatic nitrogens is 1. The molecular weight excluding hydrogens is 370 g/mol. The van der Waals surface area contributed by atoms with Gasteiger partial charge in [0, 0.05) is 31.2 Å². The van der Waals surface area contributed by atoms with E-state index < -0.39 is 5.97 Å². The van der Waals surface area contributed by atoms with Crippen LogP contribution in [0.15, 0.2) is 42.7 Å². The number of likely N-dealkylation sites (tertiary alicyclic amines) is 1. The van der Waals surface area contributed by atoms with Crippen molar-refractivity contribution >= 4 is 23.5 Å². The van der Waals surface area contributed by atoms with Gasteiger partial charge in [0.15, 0.2) is 0 Å². The van der Waals surface area contributed by atoms with Gasteiger partial charge < -0.3 is 15.0 Å². The molecule has 29 heavy (non-hydrogen) atoms. The quantitative estimate of drug-likeness (QED) is 0.783. The Balaban J connectivity index is 1.67. The van der Waals surface area contributed by atoms with Crippen LogP contribution in [0.25, 0.3) is 0 Å². The molecule has 1 saturated heterocycles. The number of anilines is 1. The number of carbonyl (C=O) groups is 3. The summed E-state index contributed by atoms with van der Waals surface area (Å²) in [6.07, 6.45) is 7.21. The van der Waals surface area contributed by atoms with Crippen LogP contribution in [-0.4, -0.2) is 47.4 Å². The smallest absolute Gasteiger partial charge is 0.338 e. The molecule has 7 nitrogen and oxygen atoms in total. The fraction of sp³-hybridized carbons (Fsp3) is 0.364. The highest BCUT2D eigenvalue weighted by Crippen LogP contribution is 2.15. The zero-order valence-corrected chi connectivity index (χ0v) is 16.5. The number of esters is 1. The van der Waals surface area contributed by atoms with Gasteiger partial charge in [-0.3, -0.25) is 14.6 Å². The van der Waals surface area contributed by atoms with Crippen molar-refractivity contribution in [1.82, 2.24) is 9.88 Å². The van der Waals surface area contributed by atoms with Crippen molar-refractivity contribution in [3.05, 3.63) is 59.4 Å². The minimum atomic E-state index is -0.408. The van der Waals surface area contributed by atoms with E-state index in [2.05, 4.69) is 10.3 Å².